The maximum absolute atomic E-state index is 13.4. The van der Waals surface area contributed by atoms with Crippen molar-refractivity contribution in [3.63, 3.8) is 0 Å². The SMILES string of the molecule is Cc1ccc(C(=O)c2c(NC(=O)COC(=O)C3C[C@H]4CCC[C@@H](C3)C4=O)sc3c2CCCC3)cc1. The van der Waals surface area contributed by atoms with Crippen LogP contribution in [0.25, 0.3) is 0 Å². The van der Waals surface area contributed by atoms with E-state index in [1.807, 2.05) is 31.2 Å². The summed E-state index contributed by atoms with van der Waals surface area (Å²) in [6, 6.07) is 7.47. The Morgan fingerprint density at radius 3 is 2.40 bits per heavy atom. The van der Waals surface area contributed by atoms with E-state index in [0.29, 0.717) is 34.8 Å². The third-order valence-corrected chi connectivity index (χ3v) is 8.90. The van der Waals surface area contributed by atoms with Crippen LogP contribution >= 0.6 is 11.3 Å². The van der Waals surface area contributed by atoms with Gasteiger partial charge in [-0.05, 0) is 63.9 Å². The summed E-state index contributed by atoms with van der Waals surface area (Å²) in [5, 5.41) is 3.41. The minimum Gasteiger partial charge on any atom is -0.455 e. The number of ether oxygens (including phenoxy) is 1. The second kappa shape index (κ2) is 10.1. The van der Waals surface area contributed by atoms with Gasteiger partial charge in [0, 0.05) is 22.3 Å². The van der Waals surface area contributed by atoms with Crippen LogP contribution in [-0.4, -0.2) is 30.0 Å². The highest BCUT2D eigenvalue weighted by molar-refractivity contribution is 7.17. The molecule has 1 amide bonds. The Morgan fingerprint density at radius 1 is 1.00 bits per heavy atom. The molecule has 3 aliphatic rings. The monoisotopic (exact) mass is 493 g/mol. The van der Waals surface area contributed by atoms with Crippen molar-refractivity contribution < 1.29 is 23.9 Å². The van der Waals surface area contributed by atoms with Crippen LogP contribution in [-0.2, 0) is 32.0 Å². The number of anilines is 1. The number of nitrogens with one attached hydrogen (secondary N) is 1. The number of ketones is 2. The summed E-state index contributed by atoms with van der Waals surface area (Å²) in [6.45, 7) is 1.59. The highest BCUT2D eigenvalue weighted by atomic mass is 32.1. The Hall–Kier alpha value is -2.80. The molecule has 5 rings (SSSR count). The van der Waals surface area contributed by atoms with Crippen molar-refractivity contribution >= 4 is 39.8 Å². The number of Topliss-reactive ketones (excluding diaryl/α,β-unsaturated/α-hetero) is 1. The molecule has 1 aromatic heterocycles. The second-order valence-electron chi connectivity index (χ2n) is 10.2. The Morgan fingerprint density at radius 2 is 1.69 bits per heavy atom. The number of esters is 1. The highest BCUT2D eigenvalue weighted by Crippen LogP contribution is 2.41. The predicted octanol–water partition coefficient (Wildman–Crippen LogP) is 5.04. The average Bonchev–Trinajstić information content (AvgIpc) is 3.20. The number of carbonyl (C=O) groups is 4. The fraction of sp³-hybridized carbons (Fsp3) is 0.500. The van der Waals surface area contributed by atoms with Gasteiger partial charge in [0.25, 0.3) is 5.91 Å². The molecule has 2 bridgehead atoms. The maximum atomic E-state index is 13.4. The number of benzene rings is 1. The Kier molecular flexibility index (Phi) is 6.87. The standard InChI is InChI=1S/C28H31NO5S/c1-16-9-11-17(12-10-16)26(32)24-21-7-2-3-8-22(21)35-27(24)29-23(30)15-34-28(33)20-13-18-5-4-6-19(14-20)25(18)31/h9-12,18-20H,2-8,13-15H2,1H3,(H,29,30)/t18-,19+,20?. The van der Waals surface area contributed by atoms with E-state index in [4.69, 9.17) is 4.74 Å². The third-order valence-electron chi connectivity index (χ3n) is 7.69. The van der Waals surface area contributed by atoms with Crippen LogP contribution in [0.2, 0.25) is 0 Å². The maximum Gasteiger partial charge on any atom is 0.309 e. The Labute approximate surface area is 209 Å². The van der Waals surface area contributed by atoms with Crippen LogP contribution in [0, 0.1) is 24.7 Å². The van der Waals surface area contributed by atoms with E-state index >= 15 is 0 Å². The minimum absolute atomic E-state index is 0.0401. The molecule has 0 saturated heterocycles. The van der Waals surface area contributed by atoms with E-state index < -0.39 is 11.9 Å². The van der Waals surface area contributed by atoms with Gasteiger partial charge in [-0.25, -0.2) is 0 Å². The molecule has 35 heavy (non-hydrogen) atoms. The van der Waals surface area contributed by atoms with Crippen molar-refractivity contribution in [1.29, 1.82) is 0 Å². The van der Waals surface area contributed by atoms with Crippen molar-refractivity contribution in [3.8, 4) is 0 Å². The number of amides is 1. The van der Waals surface area contributed by atoms with Crippen molar-refractivity contribution in [2.75, 3.05) is 11.9 Å². The Balaban J connectivity index is 1.26. The summed E-state index contributed by atoms with van der Waals surface area (Å²) >= 11 is 1.46. The lowest BCUT2D eigenvalue weighted by atomic mass is 9.67. The van der Waals surface area contributed by atoms with Gasteiger partial charge in [-0.15, -0.1) is 11.3 Å². The lowest BCUT2D eigenvalue weighted by molar-refractivity contribution is -0.155. The van der Waals surface area contributed by atoms with E-state index in [2.05, 4.69) is 5.32 Å². The summed E-state index contributed by atoms with van der Waals surface area (Å²) in [4.78, 5) is 52.3. The molecule has 3 atom stereocenters. The molecule has 0 aliphatic heterocycles. The van der Waals surface area contributed by atoms with Crippen molar-refractivity contribution in [2.45, 2.75) is 64.7 Å². The number of hydrogen-bond acceptors (Lipinski definition) is 6. The lowest BCUT2D eigenvalue weighted by Crippen LogP contribution is -2.40. The molecule has 2 fully saturated rings. The van der Waals surface area contributed by atoms with Gasteiger partial charge in [0.1, 0.15) is 10.8 Å². The summed E-state index contributed by atoms with van der Waals surface area (Å²) in [5.41, 5.74) is 3.29. The molecule has 2 saturated carbocycles. The first kappa shape index (κ1) is 23.9. The van der Waals surface area contributed by atoms with E-state index in [9.17, 15) is 19.2 Å². The van der Waals surface area contributed by atoms with Gasteiger partial charge in [-0.1, -0.05) is 36.2 Å². The first-order chi connectivity index (χ1) is 16.9. The fourth-order valence-corrected chi connectivity index (χ4v) is 7.14. The lowest BCUT2D eigenvalue weighted by Gasteiger charge is -2.36. The largest absolute Gasteiger partial charge is 0.455 e. The van der Waals surface area contributed by atoms with E-state index in [0.717, 1.165) is 60.9 Å². The van der Waals surface area contributed by atoms with Gasteiger partial charge < -0.3 is 10.1 Å². The van der Waals surface area contributed by atoms with Crippen LogP contribution in [0.1, 0.15) is 76.9 Å². The van der Waals surface area contributed by atoms with Crippen LogP contribution in [0.3, 0.4) is 0 Å². The van der Waals surface area contributed by atoms with Crippen LogP contribution < -0.4 is 5.32 Å². The third kappa shape index (κ3) is 4.96. The average molecular weight is 494 g/mol. The van der Waals surface area contributed by atoms with Gasteiger partial charge in [0.05, 0.1) is 11.5 Å². The van der Waals surface area contributed by atoms with Gasteiger partial charge in [-0.2, -0.15) is 0 Å². The molecule has 0 radical (unpaired) electrons. The molecule has 1 unspecified atom stereocenters. The molecule has 7 heteroatoms. The smallest absolute Gasteiger partial charge is 0.309 e. The van der Waals surface area contributed by atoms with E-state index in [1.54, 1.807) is 0 Å². The molecular formula is C28H31NO5S. The summed E-state index contributed by atoms with van der Waals surface area (Å²) in [5.74, 6) is -1.03. The zero-order valence-corrected chi connectivity index (χ0v) is 20.9. The zero-order chi connectivity index (χ0) is 24.5. The van der Waals surface area contributed by atoms with Crippen LogP contribution in [0.4, 0.5) is 5.00 Å². The molecule has 1 aromatic carbocycles. The number of hydrogen-bond donors (Lipinski definition) is 1. The molecule has 3 aliphatic carbocycles. The fourth-order valence-electron chi connectivity index (χ4n) is 5.83. The number of aryl methyl sites for hydroxylation is 2. The molecule has 1 heterocycles. The van der Waals surface area contributed by atoms with Crippen LogP contribution in [0.5, 0.6) is 0 Å². The molecule has 0 spiro atoms. The first-order valence-corrected chi connectivity index (χ1v) is 13.5. The van der Waals surface area contributed by atoms with Crippen molar-refractivity contribution in [1.82, 2.24) is 0 Å². The molecule has 6 nitrogen and oxygen atoms in total. The highest BCUT2D eigenvalue weighted by Gasteiger charge is 2.42. The molecule has 184 valence electrons. The minimum atomic E-state index is -0.443. The number of rotatable bonds is 6. The topological polar surface area (TPSA) is 89.5 Å². The number of carbonyl (C=O) groups excluding carboxylic acids is 4. The second-order valence-corrected chi connectivity index (χ2v) is 11.3. The Bertz CT molecular complexity index is 1150. The molecular weight excluding hydrogens is 462 g/mol. The van der Waals surface area contributed by atoms with Gasteiger partial charge in [-0.3, -0.25) is 19.2 Å². The van der Waals surface area contributed by atoms with Gasteiger partial charge >= 0.3 is 5.97 Å². The zero-order valence-electron chi connectivity index (χ0n) is 20.1. The van der Waals surface area contributed by atoms with Crippen molar-refractivity contribution in [3.05, 3.63) is 51.4 Å². The molecule has 1 N–H and O–H groups in total. The van der Waals surface area contributed by atoms with Crippen LogP contribution in [0.15, 0.2) is 24.3 Å². The van der Waals surface area contributed by atoms with Crippen molar-refractivity contribution in [2.24, 2.45) is 17.8 Å². The summed E-state index contributed by atoms with van der Waals surface area (Å²) in [6.07, 6.45) is 7.62. The van der Waals surface area contributed by atoms with E-state index in [-0.39, 0.29) is 30.1 Å². The number of thiophene rings is 1. The van der Waals surface area contributed by atoms with Gasteiger partial charge in [0.15, 0.2) is 12.4 Å². The quantitative estimate of drug-likeness (QED) is 0.450. The summed E-state index contributed by atoms with van der Waals surface area (Å²) < 4.78 is 5.37. The predicted molar refractivity (Wildman–Crippen MR) is 134 cm³/mol. The molecule has 2 aromatic rings. The normalized spacial score (nSPS) is 23.3. The first-order valence-electron chi connectivity index (χ1n) is 12.7. The summed E-state index contributed by atoms with van der Waals surface area (Å²) in [7, 11) is 0. The number of fused-ring (bicyclic) bond motifs is 3. The van der Waals surface area contributed by atoms with E-state index in [1.165, 1.54) is 11.3 Å². The van der Waals surface area contributed by atoms with Gasteiger partial charge in [0.2, 0.25) is 0 Å².